The van der Waals surface area contributed by atoms with E-state index in [0.29, 0.717) is 13.2 Å². The number of nitrogens with zero attached hydrogens (tertiary/aromatic N) is 1. The average molecular weight is 334 g/mol. The van der Waals surface area contributed by atoms with E-state index in [-0.39, 0.29) is 48.7 Å². The van der Waals surface area contributed by atoms with Crippen LogP contribution in [-0.4, -0.2) is 69.4 Å². The van der Waals surface area contributed by atoms with E-state index in [9.17, 15) is 14.4 Å². The number of hydrogen-bond acceptors (Lipinski definition) is 5. The maximum absolute atomic E-state index is 11.8. The molecule has 2 aliphatic heterocycles. The van der Waals surface area contributed by atoms with Gasteiger partial charge in [0.15, 0.2) is 0 Å². The molecule has 0 unspecified atom stereocenters. The minimum atomic E-state index is -0.367. The van der Waals surface area contributed by atoms with Gasteiger partial charge in [-0.3, -0.25) is 19.3 Å². The molecule has 7 nitrogen and oxygen atoms in total. The van der Waals surface area contributed by atoms with Gasteiger partial charge in [-0.25, -0.2) is 0 Å². The van der Waals surface area contributed by atoms with E-state index < -0.39 is 0 Å². The van der Waals surface area contributed by atoms with Gasteiger partial charge in [0.1, 0.15) is 7.85 Å². The molecule has 0 aromatic rings. The van der Waals surface area contributed by atoms with Crippen LogP contribution in [0, 0.1) is 5.92 Å². The van der Waals surface area contributed by atoms with Crippen LogP contribution in [0.5, 0.6) is 0 Å². The van der Waals surface area contributed by atoms with E-state index in [1.54, 1.807) is 7.11 Å². The third kappa shape index (κ3) is 5.17. The van der Waals surface area contributed by atoms with Gasteiger partial charge in [-0.1, -0.05) is 0 Å². The van der Waals surface area contributed by atoms with E-state index in [2.05, 4.69) is 5.32 Å². The molecule has 0 aromatic carbocycles. The van der Waals surface area contributed by atoms with E-state index in [1.165, 1.54) is 12.2 Å². The number of carbonyl (C=O) groups excluding carboxylic acids is 3. The highest BCUT2D eigenvalue weighted by Crippen LogP contribution is 2.28. The lowest BCUT2D eigenvalue weighted by Crippen LogP contribution is -2.35. The molecule has 0 aromatic heterocycles. The molecule has 3 atom stereocenters. The fourth-order valence-electron chi connectivity index (χ4n) is 2.98. The number of carbonyl (C=O) groups is 3. The van der Waals surface area contributed by atoms with E-state index in [4.69, 9.17) is 17.3 Å². The van der Waals surface area contributed by atoms with E-state index in [1.807, 2.05) is 0 Å². The molecule has 2 aliphatic rings. The van der Waals surface area contributed by atoms with Gasteiger partial charge in [0.2, 0.25) is 5.91 Å². The monoisotopic (exact) mass is 334 g/mol. The first-order valence-electron chi connectivity index (χ1n) is 8.21. The van der Waals surface area contributed by atoms with Crippen molar-refractivity contribution in [2.45, 2.75) is 37.8 Å². The summed E-state index contributed by atoms with van der Waals surface area (Å²) in [4.78, 5) is 35.5. The molecule has 1 saturated heterocycles. The van der Waals surface area contributed by atoms with Gasteiger partial charge < -0.3 is 14.8 Å². The lowest BCUT2D eigenvalue weighted by molar-refractivity contribution is -0.137. The van der Waals surface area contributed by atoms with Crippen molar-refractivity contribution in [2.24, 2.45) is 5.92 Å². The van der Waals surface area contributed by atoms with Crippen molar-refractivity contribution in [1.29, 1.82) is 0 Å². The highest BCUT2D eigenvalue weighted by atomic mass is 16.5. The number of rotatable bonds is 9. The predicted molar refractivity (Wildman–Crippen MR) is 87.1 cm³/mol. The zero-order valence-corrected chi connectivity index (χ0v) is 13.9. The summed E-state index contributed by atoms with van der Waals surface area (Å²) >= 11 is 0. The van der Waals surface area contributed by atoms with E-state index in [0.717, 1.165) is 24.2 Å². The van der Waals surface area contributed by atoms with Crippen LogP contribution in [0.4, 0.5) is 0 Å². The van der Waals surface area contributed by atoms with Crippen LogP contribution in [-0.2, 0) is 23.9 Å². The zero-order chi connectivity index (χ0) is 17.5. The van der Waals surface area contributed by atoms with E-state index >= 15 is 0 Å². The molecule has 8 heteroatoms. The first-order chi connectivity index (χ1) is 11.5. The first-order valence-corrected chi connectivity index (χ1v) is 8.21. The Labute approximate surface area is 143 Å². The highest BCUT2D eigenvalue weighted by Gasteiger charge is 2.31. The smallest absolute Gasteiger partial charge is 0.253 e. The number of ether oxygens (including phenoxy) is 2. The fraction of sp³-hybridized carbons (Fsp3) is 0.688. The summed E-state index contributed by atoms with van der Waals surface area (Å²) in [5.41, 5.74) is 0. The molecule has 1 fully saturated rings. The second kappa shape index (κ2) is 8.99. The van der Waals surface area contributed by atoms with Crippen LogP contribution >= 0.6 is 0 Å². The van der Waals surface area contributed by atoms with Crippen LogP contribution in [0.2, 0.25) is 0 Å². The van der Waals surface area contributed by atoms with Gasteiger partial charge in [-0.2, -0.15) is 0 Å². The largest absolute Gasteiger partial charge is 0.382 e. The molecule has 1 N–H and O–H groups in total. The highest BCUT2D eigenvalue weighted by molar-refractivity contribution is 6.13. The summed E-state index contributed by atoms with van der Waals surface area (Å²) < 4.78 is 10.7. The lowest BCUT2D eigenvalue weighted by atomic mass is 9.83. The quantitative estimate of drug-likeness (QED) is 0.357. The van der Waals surface area contributed by atoms with Gasteiger partial charge in [0, 0.05) is 44.8 Å². The van der Waals surface area contributed by atoms with Crippen LogP contribution in [0.25, 0.3) is 0 Å². The van der Waals surface area contributed by atoms with Gasteiger partial charge in [-0.05, 0) is 25.2 Å². The molecule has 0 saturated carbocycles. The number of methoxy groups -OCH3 is 1. The van der Waals surface area contributed by atoms with Crippen LogP contribution < -0.4 is 5.32 Å². The number of imide groups is 1. The summed E-state index contributed by atoms with van der Waals surface area (Å²) in [6.45, 7) is 1.19. The lowest BCUT2D eigenvalue weighted by Gasteiger charge is -2.15. The van der Waals surface area contributed by atoms with Crippen LogP contribution in [0.15, 0.2) is 12.2 Å². The third-order valence-electron chi connectivity index (χ3n) is 4.27. The molecule has 3 amide bonds. The molecule has 24 heavy (non-hydrogen) atoms. The molecule has 2 heterocycles. The molecule has 130 valence electrons. The number of nitrogens with one attached hydrogen (secondary N) is 1. The van der Waals surface area contributed by atoms with Gasteiger partial charge in [0.05, 0.1) is 12.7 Å². The summed E-state index contributed by atoms with van der Waals surface area (Å²) in [6, 6.07) is -0.277. The zero-order valence-electron chi connectivity index (χ0n) is 13.9. The third-order valence-corrected chi connectivity index (χ3v) is 4.27. The Morgan fingerprint density at radius 3 is 2.79 bits per heavy atom. The van der Waals surface area contributed by atoms with Gasteiger partial charge >= 0.3 is 0 Å². The standard InChI is InChI=1S/C16H23BN2O5/c1-23-10-12-9-11(16(17)24-12)3-2-7-18-13(20)6-8-19-14(21)4-5-15(19)22/h4-5,11-12,16H,2-3,6-10H2,1H3,(H,18,20)/t11-,12-,16+/m0/s1. The minimum absolute atomic E-state index is 0.0498. The topological polar surface area (TPSA) is 84.9 Å². The second-order valence-corrected chi connectivity index (χ2v) is 6.08. The predicted octanol–water partition coefficient (Wildman–Crippen LogP) is -0.256. The second-order valence-electron chi connectivity index (χ2n) is 6.08. The minimum Gasteiger partial charge on any atom is -0.382 e. The number of amides is 3. The molecule has 2 radical (unpaired) electrons. The summed E-state index contributed by atoms with van der Waals surface area (Å²) in [6.07, 6.45) is 5.13. The molecule has 0 bridgehead atoms. The summed E-state index contributed by atoms with van der Waals surface area (Å²) in [7, 11) is 7.58. The Bertz CT molecular complexity index is 493. The molecule has 0 aliphatic carbocycles. The van der Waals surface area contributed by atoms with Gasteiger partial charge in [0.25, 0.3) is 11.8 Å². The Morgan fingerprint density at radius 1 is 1.42 bits per heavy atom. The fourth-order valence-corrected chi connectivity index (χ4v) is 2.98. The Hall–Kier alpha value is -1.67. The Balaban J connectivity index is 1.56. The van der Waals surface area contributed by atoms with Crippen molar-refractivity contribution in [2.75, 3.05) is 26.8 Å². The average Bonchev–Trinajstić information content (AvgIpc) is 3.05. The normalized spacial score (nSPS) is 26.4. The summed E-state index contributed by atoms with van der Waals surface area (Å²) in [5.74, 6) is -0.637. The van der Waals surface area contributed by atoms with Crippen LogP contribution in [0.1, 0.15) is 25.7 Å². The van der Waals surface area contributed by atoms with Crippen molar-refractivity contribution >= 4 is 25.6 Å². The molecule has 2 rings (SSSR count). The number of hydrogen-bond donors (Lipinski definition) is 1. The molecular formula is C16H23BN2O5. The SMILES string of the molecule is [B][C@@H]1O[C@H](COC)C[C@@H]1CCCNC(=O)CCN1C(=O)C=CC1=O. The summed E-state index contributed by atoms with van der Waals surface area (Å²) in [5, 5.41) is 2.80. The first kappa shape index (κ1) is 18.7. The Morgan fingerprint density at radius 2 is 2.12 bits per heavy atom. The van der Waals surface area contributed by atoms with Gasteiger partial charge in [-0.15, -0.1) is 0 Å². The Kier molecular flexibility index (Phi) is 6.99. The maximum atomic E-state index is 11.8. The van der Waals surface area contributed by atoms with Crippen molar-refractivity contribution in [3.05, 3.63) is 12.2 Å². The van der Waals surface area contributed by atoms with Crippen molar-refractivity contribution in [1.82, 2.24) is 10.2 Å². The molecular weight excluding hydrogens is 311 g/mol. The van der Waals surface area contributed by atoms with Crippen molar-refractivity contribution < 1.29 is 23.9 Å². The maximum Gasteiger partial charge on any atom is 0.253 e. The van der Waals surface area contributed by atoms with Crippen molar-refractivity contribution in [3.63, 3.8) is 0 Å². The van der Waals surface area contributed by atoms with Crippen LogP contribution in [0.3, 0.4) is 0 Å². The molecule has 0 spiro atoms. The van der Waals surface area contributed by atoms with Crippen molar-refractivity contribution in [3.8, 4) is 0 Å².